The van der Waals surface area contributed by atoms with Gasteiger partial charge in [-0.3, -0.25) is 5.01 Å². The van der Waals surface area contributed by atoms with Crippen LogP contribution in [0.1, 0.15) is 24.8 Å². The normalized spacial score (nSPS) is 15.4. The molecule has 0 aliphatic carbocycles. The average Bonchev–Trinajstić information content (AvgIpc) is 2.52. The van der Waals surface area contributed by atoms with Crippen LogP contribution in [0.25, 0.3) is 0 Å². The van der Waals surface area contributed by atoms with Crippen LogP contribution in [0.4, 0.5) is 0 Å². The van der Waals surface area contributed by atoms with Crippen LogP contribution in [0.5, 0.6) is 17.2 Å². The molecular weight excluding hydrogens is 256 g/mol. The Kier molecular flexibility index (Phi) is 5.09. The molecule has 0 spiro atoms. The number of nitrogens with zero attached hydrogens (tertiary/aromatic N) is 2. The summed E-state index contributed by atoms with van der Waals surface area (Å²) >= 11 is 0. The van der Waals surface area contributed by atoms with E-state index in [0.29, 0.717) is 17.2 Å². The molecule has 20 heavy (non-hydrogen) atoms. The van der Waals surface area contributed by atoms with Gasteiger partial charge >= 0.3 is 0 Å². The molecule has 1 saturated heterocycles. The van der Waals surface area contributed by atoms with Gasteiger partial charge in [-0.2, -0.15) is 5.10 Å². The van der Waals surface area contributed by atoms with Crippen molar-refractivity contribution in [1.82, 2.24) is 5.01 Å². The number of hydrogen-bond donors (Lipinski definition) is 0. The van der Waals surface area contributed by atoms with Crippen LogP contribution in [0.3, 0.4) is 0 Å². The van der Waals surface area contributed by atoms with Crippen molar-refractivity contribution in [2.24, 2.45) is 5.10 Å². The summed E-state index contributed by atoms with van der Waals surface area (Å²) in [4.78, 5) is 0. The lowest BCUT2D eigenvalue weighted by atomic mass is 10.2. The summed E-state index contributed by atoms with van der Waals surface area (Å²) < 4.78 is 16.0. The van der Waals surface area contributed by atoms with E-state index in [1.54, 1.807) is 21.3 Å². The summed E-state index contributed by atoms with van der Waals surface area (Å²) in [7, 11) is 4.83. The third-order valence-electron chi connectivity index (χ3n) is 3.39. The lowest BCUT2D eigenvalue weighted by molar-refractivity contribution is 0.240. The van der Waals surface area contributed by atoms with Gasteiger partial charge in [-0.15, -0.1) is 0 Å². The quantitative estimate of drug-likeness (QED) is 0.776. The molecule has 1 aromatic rings. The number of hydrazone groups is 1. The number of ether oxygens (including phenoxy) is 3. The van der Waals surface area contributed by atoms with E-state index in [-0.39, 0.29) is 0 Å². The smallest absolute Gasteiger partial charge is 0.203 e. The summed E-state index contributed by atoms with van der Waals surface area (Å²) in [5.74, 6) is 1.89. The molecule has 5 nitrogen and oxygen atoms in total. The maximum atomic E-state index is 5.33. The van der Waals surface area contributed by atoms with E-state index < -0.39 is 0 Å². The Morgan fingerprint density at radius 1 is 0.950 bits per heavy atom. The van der Waals surface area contributed by atoms with Gasteiger partial charge in [-0.1, -0.05) is 0 Å². The van der Waals surface area contributed by atoms with Gasteiger partial charge in [0.05, 0.1) is 27.5 Å². The van der Waals surface area contributed by atoms with E-state index in [9.17, 15) is 0 Å². The predicted molar refractivity (Wildman–Crippen MR) is 79.1 cm³/mol. The lowest BCUT2D eigenvalue weighted by Gasteiger charge is -2.23. The van der Waals surface area contributed by atoms with Gasteiger partial charge in [-0.05, 0) is 31.4 Å². The molecule has 1 aliphatic rings. The van der Waals surface area contributed by atoms with Gasteiger partial charge in [0.25, 0.3) is 0 Å². The molecule has 0 amide bonds. The van der Waals surface area contributed by atoms with Crippen molar-refractivity contribution >= 4 is 6.21 Å². The van der Waals surface area contributed by atoms with Crippen LogP contribution in [0.2, 0.25) is 0 Å². The SMILES string of the molecule is COc1cc(/C=N/N2CCCCC2)cc(OC)c1OC. The molecule has 1 aliphatic heterocycles. The second-order valence-electron chi connectivity index (χ2n) is 4.72. The van der Waals surface area contributed by atoms with E-state index in [4.69, 9.17) is 14.2 Å². The number of benzene rings is 1. The van der Waals surface area contributed by atoms with Crippen LogP contribution >= 0.6 is 0 Å². The van der Waals surface area contributed by atoms with Crippen LogP contribution in [0.15, 0.2) is 17.2 Å². The standard InChI is InChI=1S/C15H22N2O3/c1-18-13-9-12(10-14(19-2)15(13)20-3)11-16-17-7-5-4-6-8-17/h9-11H,4-8H2,1-3H3/b16-11+. The maximum Gasteiger partial charge on any atom is 0.203 e. The highest BCUT2D eigenvalue weighted by Crippen LogP contribution is 2.37. The van der Waals surface area contributed by atoms with Crippen molar-refractivity contribution in [1.29, 1.82) is 0 Å². The molecule has 0 saturated carbocycles. The van der Waals surface area contributed by atoms with Gasteiger partial charge in [-0.25, -0.2) is 0 Å². The Bertz CT molecular complexity index is 443. The van der Waals surface area contributed by atoms with Crippen molar-refractivity contribution in [3.8, 4) is 17.2 Å². The zero-order chi connectivity index (χ0) is 14.4. The highest BCUT2D eigenvalue weighted by molar-refractivity contribution is 5.82. The van der Waals surface area contributed by atoms with Gasteiger partial charge in [0.15, 0.2) is 11.5 Å². The first-order chi connectivity index (χ1) is 9.78. The number of rotatable bonds is 5. The molecule has 0 atom stereocenters. The van der Waals surface area contributed by atoms with Crippen molar-refractivity contribution < 1.29 is 14.2 Å². The highest BCUT2D eigenvalue weighted by atomic mass is 16.5. The minimum Gasteiger partial charge on any atom is -0.493 e. The molecule has 0 N–H and O–H groups in total. The largest absolute Gasteiger partial charge is 0.493 e. The van der Waals surface area contributed by atoms with Gasteiger partial charge in [0.1, 0.15) is 0 Å². The molecule has 1 fully saturated rings. The average molecular weight is 278 g/mol. The molecule has 5 heteroatoms. The van der Waals surface area contributed by atoms with E-state index in [0.717, 1.165) is 18.7 Å². The van der Waals surface area contributed by atoms with Gasteiger partial charge < -0.3 is 14.2 Å². The molecule has 1 aromatic carbocycles. The van der Waals surface area contributed by atoms with Crippen LogP contribution in [-0.2, 0) is 0 Å². The van der Waals surface area contributed by atoms with Crippen molar-refractivity contribution in [2.75, 3.05) is 34.4 Å². The van der Waals surface area contributed by atoms with Crippen LogP contribution < -0.4 is 14.2 Å². The van der Waals surface area contributed by atoms with E-state index >= 15 is 0 Å². The Morgan fingerprint density at radius 3 is 2.05 bits per heavy atom. The predicted octanol–water partition coefficient (Wildman–Crippen LogP) is 2.53. The fraction of sp³-hybridized carbons (Fsp3) is 0.533. The zero-order valence-electron chi connectivity index (χ0n) is 12.4. The molecule has 110 valence electrons. The maximum absolute atomic E-state index is 5.33. The number of methoxy groups -OCH3 is 3. The highest BCUT2D eigenvalue weighted by Gasteiger charge is 2.12. The Morgan fingerprint density at radius 2 is 1.55 bits per heavy atom. The van der Waals surface area contributed by atoms with Gasteiger partial charge in [0, 0.05) is 18.7 Å². The third-order valence-corrected chi connectivity index (χ3v) is 3.39. The molecule has 0 unspecified atom stereocenters. The third kappa shape index (κ3) is 3.35. The van der Waals surface area contributed by atoms with Crippen molar-refractivity contribution in [3.05, 3.63) is 17.7 Å². The van der Waals surface area contributed by atoms with E-state index in [1.165, 1.54) is 19.3 Å². The minimum atomic E-state index is 0.602. The first kappa shape index (κ1) is 14.5. The zero-order valence-corrected chi connectivity index (χ0v) is 12.4. The summed E-state index contributed by atoms with van der Waals surface area (Å²) in [6, 6.07) is 3.80. The molecule has 0 aromatic heterocycles. The Hall–Kier alpha value is -1.91. The van der Waals surface area contributed by atoms with E-state index in [1.807, 2.05) is 18.3 Å². The fourth-order valence-corrected chi connectivity index (χ4v) is 2.32. The summed E-state index contributed by atoms with van der Waals surface area (Å²) in [5.41, 5.74) is 0.935. The fourth-order valence-electron chi connectivity index (χ4n) is 2.32. The summed E-state index contributed by atoms with van der Waals surface area (Å²) in [6.07, 6.45) is 5.57. The number of hydrogen-bond acceptors (Lipinski definition) is 5. The Labute approximate surface area is 120 Å². The minimum absolute atomic E-state index is 0.602. The molecule has 0 radical (unpaired) electrons. The second kappa shape index (κ2) is 7.03. The monoisotopic (exact) mass is 278 g/mol. The van der Waals surface area contributed by atoms with Crippen LogP contribution in [0, 0.1) is 0 Å². The van der Waals surface area contributed by atoms with E-state index in [2.05, 4.69) is 10.1 Å². The second-order valence-corrected chi connectivity index (χ2v) is 4.72. The number of piperidine rings is 1. The lowest BCUT2D eigenvalue weighted by Crippen LogP contribution is -2.24. The molecule has 0 bridgehead atoms. The molecule has 1 heterocycles. The summed E-state index contributed by atoms with van der Waals surface area (Å²) in [5, 5.41) is 6.62. The van der Waals surface area contributed by atoms with Gasteiger partial charge in [0.2, 0.25) is 5.75 Å². The molecule has 2 rings (SSSR count). The first-order valence-electron chi connectivity index (χ1n) is 6.87. The van der Waals surface area contributed by atoms with Crippen molar-refractivity contribution in [2.45, 2.75) is 19.3 Å². The Balaban J connectivity index is 2.20. The summed E-state index contributed by atoms with van der Waals surface area (Å²) in [6.45, 7) is 2.06. The van der Waals surface area contributed by atoms with Crippen LogP contribution in [-0.4, -0.2) is 45.6 Å². The molecular formula is C15H22N2O3. The topological polar surface area (TPSA) is 43.3 Å². The first-order valence-corrected chi connectivity index (χ1v) is 6.87. The van der Waals surface area contributed by atoms with Crippen molar-refractivity contribution in [3.63, 3.8) is 0 Å².